The first-order valence-electron chi connectivity index (χ1n) is 7.50. The second kappa shape index (κ2) is 7.57. The number of aromatic nitrogens is 1. The third-order valence-electron chi connectivity index (χ3n) is 3.14. The Hall–Kier alpha value is -1.39. The molecule has 0 spiro atoms. The Morgan fingerprint density at radius 3 is 2.57 bits per heavy atom. The molecule has 4 heteroatoms. The molecule has 1 aromatic heterocycles. The molecule has 1 aromatic carbocycles. The quantitative estimate of drug-likeness (QED) is 0.830. The Kier molecular flexibility index (Phi) is 5.76. The highest BCUT2D eigenvalue weighted by Crippen LogP contribution is 2.29. The summed E-state index contributed by atoms with van der Waals surface area (Å²) in [5, 5.41) is 4.56. The first-order chi connectivity index (χ1) is 10.1. The van der Waals surface area contributed by atoms with Gasteiger partial charge in [0.15, 0.2) is 0 Å². The minimum absolute atomic E-state index is 0.670. The van der Waals surface area contributed by atoms with E-state index in [1.807, 2.05) is 19.1 Å². The number of rotatable bonds is 7. The molecule has 114 valence electrons. The molecule has 0 fully saturated rings. The summed E-state index contributed by atoms with van der Waals surface area (Å²) in [6.07, 6.45) is 0. The first kappa shape index (κ1) is 16.0. The van der Waals surface area contributed by atoms with Crippen LogP contribution < -0.4 is 10.1 Å². The van der Waals surface area contributed by atoms with Gasteiger partial charge in [-0.3, -0.25) is 0 Å². The molecular weight excluding hydrogens is 280 g/mol. The zero-order valence-corrected chi connectivity index (χ0v) is 14.1. The summed E-state index contributed by atoms with van der Waals surface area (Å²) in [5.41, 5.74) is 2.28. The Bertz CT molecular complexity index is 561. The molecular formula is C17H24N2OS. The van der Waals surface area contributed by atoms with Gasteiger partial charge >= 0.3 is 0 Å². The lowest BCUT2D eigenvalue weighted by atomic mass is 10.2. The molecule has 2 rings (SSSR count). The van der Waals surface area contributed by atoms with E-state index in [0.717, 1.165) is 35.1 Å². The lowest BCUT2D eigenvalue weighted by Crippen LogP contribution is -2.18. The van der Waals surface area contributed by atoms with E-state index in [4.69, 9.17) is 9.72 Å². The molecule has 0 aliphatic carbocycles. The van der Waals surface area contributed by atoms with Gasteiger partial charge < -0.3 is 10.1 Å². The third kappa shape index (κ3) is 4.55. The van der Waals surface area contributed by atoms with E-state index in [1.165, 1.54) is 4.88 Å². The largest absolute Gasteiger partial charge is 0.494 e. The lowest BCUT2D eigenvalue weighted by Gasteiger charge is -2.05. The minimum atomic E-state index is 0.670. The molecule has 0 radical (unpaired) electrons. The molecule has 0 bridgehead atoms. The van der Waals surface area contributed by atoms with Gasteiger partial charge in [0.2, 0.25) is 0 Å². The summed E-state index contributed by atoms with van der Waals surface area (Å²) in [6.45, 7) is 11.2. The number of hydrogen-bond donors (Lipinski definition) is 1. The van der Waals surface area contributed by atoms with Gasteiger partial charge in [0.05, 0.1) is 12.3 Å². The normalized spacial score (nSPS) is 11.1. The van der Waals surface area contributed by atoms with Gasteiger partial charge in [0.1, 0.15) is 10.8 Å². The highest BCUT2D eigenvalue weighted by molar-refractivity contribution is 7.15. The van der Waals surface area contributed by atoms with Crippen molar-refractivity contribution in [2.45, 2.75) is 34.2 Å². The van der Waals surface area contributed by atoms with Crippen LogP contribution in [0.15, 0.2) is 24.3 Å². The summed E-state index contributed by atoms with van der Waals surface area (Å²) in [7, 11) is 0. The minimum Gasteiger partial charge on any atom is -0.494 e. The summed E-state index contributed by atoms with van der Waals surface area (Å²) >= 11 is 1.77. The van der Waals surface area contributed by atoms with Crippen molar-refractivity contribution in [2.24, 2.45) is 5.92 Å². The number of nitrogens with one attached hydrogen (secondary N) is 1. The van der Waals surface area contributed by atoms with Crippen molar-refractivity contribution < 1.29 is 4.74 Å². The van der Waals surface area contributed by atoms with Crippen molar-refractivity contribution >= 4 is 11.3 Å². The van der Waals surface area contributed by atoms with Crippen LogP contribution in [0.5, 0.6) is 5.75 Å². The number of aryl methyl sites for hydroxylation is 1. The highest BCUT2D eigenvalue weighted by Gasteiger charge is 2.09. The third-order valence-corrected chi connectivity index (χ3v) is 4.35. The van der Waals surface area contributed by atoms with Crippen molar-refractivity contribution in [2.75, 3.05) is 13.2 Å². The highest BCUT2D eigenvalue weighted by atomic mass is 32.1. The van der Waals surface area contributed by atoms with Crippen LogP contribution in [0.4, 0.5) is 0 Å². The van der Waals surface area contributed by atoms with Crippen molar-refractivity contribution in [3.8, 4) is 16.3 Å². The summed E-state index contributed by atoms with van der Waals surface area (Å²) < 4.78 is 5.47. The van der Waals surface area contributed by atoms with Gasteiger partial charge in [-0.15, -0.1) is 11.3 Å². The van der Waals surface area contributed by atoms with Crippen molar-refractivity contribution in [1.29, 1.82) is 0 Å². The van der Waals surface area contributed by atoms with Gasteiger partial charge in [0.25, 0.3) is 0 Å². The standard InChI is InChI=1S/C17H24N2OS/c1-5-20-15-8-6-14(7-9-15)17-19-13(4)16(21-17)11-18-10-12(2)3/h6-9,12,18H,5,10-11H2,1-4H3. The van der Waals surface area contributed by atoms with E-state index >= 15 is 0 Å². The maximum atomic E-state index is 5.47. The van der Waals surface area contributed by atoms with Crippen LogP contribution in [-0.4, -0.2) is 18.1 Å². The number of nitrogens with zero attached hydrogens (tertiary/aromatic N) is 1. The molecule has 0 amide bonds. The number of benzene rings is 1. The number of ether oxygens (including phenoxy) is 1. The molecule has 0 unspecified atom stereocenters. The van der Waals surface area contributed by atoms with E-state index in [0.29, 0.717) is 12.5 Å². The predicted molar refractivity (Wildman–Crippen MR) is 90.0 cm³/mol. The van der Waals surface area contributed by atoms with Crippen LogP contribution in [0.25, 0.3) is 10.6 Å². The molecule has 0 aliphatic heterocycles. The summed E-state index contributed by atoms with van der Waals surface area (Å²) in [5.74, 6) is 1.58. The van der Waals surface area contributed by atoms with Gasteiger partial charge in [-0.1, -0.05) is 13.8 Å². The number of hydrogen-bond acceptors (Lipinski definition) is 4. The molecule has 0 saturated heterocycles. The van der Waals surface area contributed by atoms with E-state index in [9.17, 15) is 0 Å². The summed E-state index contributed by atoms with van der Waals surface area (Å²) in [4.78, 5) is 6.01. The molecule has 2 aromatic rings. The maximum absolute atomic E-state index is 5.47. The second-order valence-corrected chi connectivity index (χ2v) is 6.59. The zero-order chi connectivity index (χ0) is 15.2. The zero-order valence-electron chi connectivity index (χ0n) is 13.3. The van der Waals surface area contributed by atoms with Gasteiger partial charge in [0, 0.05) is 17.0 Å². The molecule has 0 atom stereocenters. The first-order valence-corrected chi connectivity index (χ1v) is 8.32. The van der Waals surface area contributed by atoms with E-state index < -0.39 is 0 Å². The van der Waals surface area contributed by atoms with Crippen molar-refractivity contribution in [3.05, 3.63) is 34.8 Å². The molecule has 21 heavy (non-hydrogen) atoms. The monoisotopic (exact) mass is 304 g/mol. The lowest BCUT2D eigenvalue weighted by molar-refractivity contribution is 0.340. The van der Waals surface area contributed by atoms with E-state index in [2.05, 4.69) is 38.2 Å². The topological polar surface area (TPSA) is 34.1 Å². The van der Waals surface area contributed by atoms with Crippen LogP contribution in [0.2, 0.25) is 0 Å². The van der Waals surface area contributed by atoms with Crippen LogP contribution in [0.3, 0.4) is 0 Å². The SMILES string of the molecule is CCOc1ccc(-c2nc(C)c(CNCC(C)C)s2)cc1. The van der Waals surface area contributed by atoms with Crippen LogP contribution in [-0.2, 0) is 6.54 Å². The smallest absolute Gasteiger partial charge is 0.123 e. The number of thiazole rings is 1. The van der Waals surface area contributed by atoms with Crippen LogP contribution in [0.1, 0.15) is 31.3 Å². The summed E-state index contributed by atoms with van der Waals surface area (Å²) in [6, 6.07) is 8.17. The fourth-order valence-electron chi connectivity index (χ4n) is 2.05. The van der Waals surface area contributed by atoms with Gasteiger partial charge in [-0.25, -0.2) is 4.98 Å². The van der Waals surface area contributed by atoms with Crippen molar-refractivity contribution in [3.63, 3.8) is 0 Å². The molecule has 0 aliphatic rings. The van der Waals surface area contributed by atoms with Gasteiger partial charge in [-0.2, -0.15) is 0 Å². The Labute approximate surface area is 131 Å². The predicted octanol–water partition coefficient (Wildman–Crippen LogP) is 4.26. The Morgan fingerprint density at radius 1 is 1.24 bits per heavy atom. The molecule has 1 heterocycles. The van der Waals surface area contributed by atoms with Crippen LogP contribution in [0, 0.1) is 12.8 Å². The maximum Gasteiger partial charge on any atom is 0.123 e. The Morgan fingerprint density at radius 2 is 1.95 bits per heavy atom. The fraction of sp³-hybridized carbons (Fsp3) is 0.471. The van der Waals surface area contributed by atoms with Gasteiger partial charge in [-0.05, 0) is 50.6 Å². The fourth-order valence-corrected chi connectivity index (χ4v) is 3.09. The van der Waals surface area contributed by atoms with E-state index in [-0.39, 0.29) is 0 Å². The Balaban J connectivity index is 2.06. The van der Waals surface area contributed by atoms with Crippen LogP contribution >= 0.6 is 11.3 Å². The molecule has 3 nitrogen and oxygen atoms in total. The van der Waals surface area contributed by atoms with Crippen molar-refractivity contribution in [1.82, 2.24) is 10.3 Å². The molecule has 1 N–H and O–H groups in total. The molecule has 0 saturated carbocycles. The average molecular weight is 304 g/mol. The second-order valence-electron chi connectivity index (χ2n) is 5.51. The average Bonchev–Trinajstić information content (AvgIpc) is 2.81. The van der Waals surface area contributed by atoms with E-state index in [1.54, 1.807) is 11.3 Å².